The number of aliphatic hydroxyl groups is 1. The predicted molar refractivity (Wildman–Crippen MR) is 59.7 cm³/mol. The molecule has 0 saturated carbocycles. The molecule has 0 aromatic heterocycles. The Bertz CT molecular complexity index is 206. The van der Waals surface area contributed by atoms with E-state index >= 15 is 0 Å². The topological polar surface area (TPSA) is 58.6 Å². The van der Waals surface area contributed by atoms with E-state index in [1.165, 1.54) is 0 Å². The summed E-state index contributed by atoms with van der Waals surface area (Å²) in [5.74, 6) is 0. The Morgan fingerprint density at radius 1 is 1.27 bits per heavy atom. The lowest BCUT2D eigenvalue weighted by Gasteiger charge is -2.25. The zero-order chi connectivity index (χ0) is 12.1. The van der Waals surface area contributed by atoms with Crippen LogP contribution in [0.1, 0.15) is 41.0 Å². The van der Waals surface area contributed by atoms with E-state index < -0.39 is 6.09 Å². The highest BCUT2D eigenvalue weighted by Crippen LogP contribution is 2.19. The molecule has 0 rings (SSSR count). The van der Waals surface area contributed by atoms with Crippen molar-refractivity contribution in [1.29, 1.82) is 0 Å². The minimum atomic E-state index is -0.409. The van der Waals surface area contributed by atoms with Crippen LogP contribution in [0.5, 0.6) is 0 Å². The lowest BCUT2D eigenvalue weighted by molar-refractivity contribution is 0.0785. The average molecular weight is 217 g/mol. The van der Waals surface area contributed by atoms with E-state index in [-0.39, 0.29) is 17.6 Å². The van der Waals surface area contributed by atoms with Crippen LogP contribution in [0.2, 0.25) is 0 Å². The molecule has 0 spiro atoms. The molecule has 2 N–H and O–H groups in total. The second-order valence-electron chi connectivity index (χ2n) is 5.59. The van der Waals surface area contributed by atoms with Crippen LogP contribution < -0.4 is 5.32 Å². The van der Waals surface area contributed by atoms with Crippen LogP contribution in [-0.4, -0.2) is 30.0 Å². The van der Waals surface area contributed by atoms with Gasteiger partial charge in [0.2, 0.25) is 0 Å². The van der Waals surface area contributed by atoms with Gasteiger partial charge >= 0.3 is 6.09 Å². The van der Waals surface area contributed by atoms with Crippen molar-refractivity contribution in [2.75, 3.05) is 13.2 Å². The highest BCUT2D eigenvalue weighted by Gasteiger charge is 2.21. The third-order valence-corrected chi connectivity index (χ3v) is 1.86. The maximum absolute atomic E-state index is 11.3. The quantitative estimate of drug-likeness (QED) is 0.756. The molecule has 0 aromatic rings. The Balaban J connectivity index is 3.90. The van der Waals surface area contributed by atoms with E-state index in [1.807, 2.05) is 34.6 Å². The van der Waals surface area contributed by atoms with Gasteiger partial charge in [0.05, 0.1) is 6.61 Å². The van der Waals surface area contributed by atoms with Gasteiger partial charge in [-0.2, -0.15) is 0 Å². The molecule has 0 aromatic carbocycles. The van der Waals surface area contributed by atoms with Crippen molar-refractivity contribution >= 4 is 6.09 Å². The van der Waals surface area contributed by atoms with Crippen LogP contribution in [0.15, 0.2) is 0 Å². The molecule has 90 valence electrons. The molecule has 4 nitrogen and oxygen atoms in total. The molecule has 0 unspecified atom stereocenters. The van der Waals surface area contributed by atoms with Crippen LogP contribution in [0, 0.1) is 5.41 Å². The first-order valence-corrected chi connectivity index (χ1v) is 5.22. The number of carbonyl (C=O) groups is 1. The largest absolute Gasteiger partial charge is 0.449 e. The number of nitrogens with one attached hydrogen (secondary N) is 1. The Morgan fingerprint density at radius 2 is 1.80 bits per heavy atom. The number of hydrogen-bond acceptors (Lipinski definition) is 3. The highest BCUT2D eigenvalue weighted by molar-refractivity contribution is 5.68. The van der Waals surface area contributed by atoms with Gasteiger partial charge in [-0.05, 0) is 27.2 Å². The molecular weight excluding hydrogens is 194 g/mol. The van der Waals surface area contributed by atoms with E-state index in [0.717, 1.165) is 0 Å². The van der Waals surface area contributed by atoms with Crippen LogP contribution in [0.4, 0.5) is 4.79 Å². The molecular formula is C11H23NO3. The molecule has 0 fully saturated rings. The summed E-state index contributed by atoms with van der Waals surface area (Å²) in [6.45, 7) is 10.0. The van der Waals surface area contributed by atoms with Crippen molar-refractivity contribution in [3.8, 4) is 0 Å². The number of carbonyl (C=O) groups excluding carboxylic acids is 1. The summed E-state index contributed by atoms with van der Waals surface area (Å²) in [4.78, 5) is 11.3. The summed E-state index contributed by atoms with van der Waals surface area (Å²) in [7, 11) is 0. The second kappa shape index (κ2) is 5.35. The fourth-order valence-corrected chi connectivity index (χ4v) is 0.978. The van der Waals surface area contributed by atoms with Crippen LogP contribution in [0.25, 0.3) is 0 Å². The SMILES string of the molecule is CC(C)(CCO)COC(=O)NC(C)(C)C. The smallest absolute Gasteiger partial charge is 0.407 e. The third-order valence-electron chi connectivity index (χ3n) is 1.86. The first-order chi connectivity index (χ1) is 6.66. The minimum Gasteiger partial charge on any atom is -0.449 e. The molecule has 0 aliphatic heterocycles. The van der Waals surface area contributed by atoms with Gasteiger partial charge in [-0.1, -0.05) is 13.8 Å². The van der Waals surface area contributed by atoms with E-state index in [1.54, 1.807) is 0 Å². The van der Waals surface area contributed by atoms with Crippen molar-refractivity contribution in [3.05, 3.63) is 0 Å². The molecule has 0 atom stereocenters. The number of ether oxygens (including phenoxy) is 1. The number of amides is 1. The molecule has 0 saturated heterocycles. The Morgan fingerprint density at radius 3 is 2.20 bits per heavy atom. The first-order valence-electron chi connectivity index (χ1n) is 5.22. The van der Waals surface area contributed by atoms with Crippen molar-refractivity contribution in [3.63, 3.8) is 0 Å². The summed E-state index contributed by atoms with van der Waals surface area (Å²) in [6, 6.07) is 0. The van der Waals surface area contributed by atoms with Crippen molar-refractivity contribution in [2.24, 2.45) is 5.41 Å². The monoisotopic (exact) mass is 217 g/mol. The lowest BCUT2D eigenvalue weighted by atomic mass is 9.91. The molecule has 0 aliphatic carbocycles. The fourth-order valence-electron chi connectivity index (χ4n) is 0.978. The van der Waals surface area contributed by atoms with E-state index in [2.05, 4.69) is 5.32 Å². The Hall–Kier alpha value is -0.770. The highest BCUT2D eigenvalue weighted by atomic mass is 16.5. The number of hydrogen-bond donors (Lipinski definition) is 2. The summed E-state index contributed by atoms with van der Waals surface area (Å²) < 4.78 is 5.07. The van der Waals surface area contributed by atoms with Gasteiger partial charge in [0.1, 0.15) is 0 Å². The number of rotatable bonds is 4. The van der Waals surface area contributed by atoms with Crippen molar-refractivity contribution in [2.45, 2.75) is 46.6 Å². The predicted octanol–water partition coefficient (Wildman–Crippen LogP) is 1.92. The normalized spacial score (nSPS) is 12.4. The third kappa shape index (κ3) is 8.24. The van der Waals surface area contributed by atoms with Gasteiger partial charge in [0.15, 0.2) is 0 Å². The lowest BCUT2D eigenvalue weighted by Crippen LogP contribution is -2.42. The van der Waals surface area contributed by atoms with Gasteiger partial charge in [-0.3, -0.25) is 0 Å². The van der Waals surface area contributed by atoms with Crippen LogP contribution in [0.3, 0.4) is 0 Å². The van der Waals surface area contributed by atoms with Gasteiger partial charge < -0.3 is 15.2 Å². The minimum absolute atomic E-state index is 0.108. The molecule has 0 bridgehead atoms. The Labute approximate surface area is 92.0 Å². The molecule has 4 heteroatoms. The summed E-state index contributed by atoms with van der Waals surface area (Å²) in [5, 5.41) is 11.5. The first kappa shape index (κ1) is 14.2. The zero-order valence-corrected chi connectivity index (χ0v) is 10.4. The summed E-state index contributed by atoms with van der Waals surface area (Å²) >= 11 is 0. The van der Waals surface area contributed by atoms with Gasteiger partial charge in [-0.25, -0.2) is 4.79 Å². The second-order valence-corrected chi connectivity index (χ2v) is 5.59. The number of aliphatic hydroxyl groups excluding tert-OH is 1. The standard InChI is InChI=1S/C11H23NO3/c1-10(2,3)12-9(14)15-8-11(4,5)6-7-13/h13H,6-8H2,1-5H3,(H,12,14). The molecule has 15 heavy (non-hydrogen) atoms. The zero-order valence-electron chi connectivity index (χ0n) is 10.4. The van der Waals surface area contributed by atoms with E-state index in [0.29, 0.717) is 13.0 Å². The van der Waals surface area contributed by atoms with Crippen molar-refractivity contribution < 1.29 is 14.6 Å². The Kier molecular flexibility index (Phi) is 5.08. The van der Waals surface area contributed by atoms with Gasteiger partial charge in [0.25, 0.3) is 0 Å². The van der Waals surface area contributed by atoms with Gasteiger partial charge in [0, 0.05) is 17.6 Å². The average Bonchev–Trinajstić information content (AvgIpc) is 1.98. The molecule has 1 amide bonds. The van der Waals surface area contributed by atoms with Gasteiger partial charge in [-0.15, -0.1) is 0 Å². The van der Waals surface area contributed by atoms with Crippen molar-refractivity contribution in [1.82, 2.24) is 5.32 Å². The maximum atomic E-state index is 11.3. The molecule has 0 heterocycles. The van der Waals surface area contributed by atoms with E-state index in [4.69, 9.17) is 9.84 Å². The van der Waals surface area contributed by atoms with Crippen LogP contribution in [-0.2, 0) is 4.74 Å². The summed E-state index contributed by atoms with van der Waals surface area (Å²) in [6.07, 6.45) is 0.212. The molecule has 0 aliphatic rings. The van der Waals surface area contributed by atoms with Crippen LogP contribution >= 0.6 is 0 Å². The maximum Gasteiger partial charge on any atom is 0.407 e. The fraction of sp³-hybridized carbons (Fsp3) is 0.909. The van der Waals surface area contributed by atoms with E-state index in [9.17, 15) is 4.79 Å². The summed E-state index contributed by atoms with van der Waals surface area (Å²) in [5.41, 5.74) is -0.456. The molecule has 0 radical (unpaired) electrons. The number of alkyl carbamates (subject to hydrolysis) is 1.